The van der Waals surface area contributed by atoms with Crippen molar-refractivity contribution in [2.75, 3.05) is 19.8 Å². The average Bonchev–Trinajstić information content (AvgIpc) is 3.11. The fourth-order valence-corrected chi connectivity index (χ4v) is 2.35. The number of amides is 1. The minimum absolute atomic E-state index is 0.00498. The van der Waals surface area contributed by atoms with E-state index in [9.17, 15) is 9.59 Å². The molecule has 3 heterocycles. The lowest BCUT2D eigenvalue weighted by Gasteiger charge is -2.10. The third kappa shape index (κ3) is 2.46. The maximum Gasteiger partial charge on any atom is 0.294 e. The van der Waals surface area contributed by atoms with Crippen molar-refractivity contribution < 1.29 is 13.9 Å². The van der Waals surface area contributed by atoms with Crippen LogP contribution in [0.25, 0.3) is 11.0 Å². The molecule has 1 aliphatic rings. The Morgan fingerprint density at radius 1 is 1.45 bits per heavy atom. The summed E-state index contributed by atoms with van der Waals surface area (Å²) in [4.78, 5) is 23.9. The monoisotopic (exact) mass is 276 g/mol. The molecule has 6 nitrogen and oxygen atoms in total. The lowest BCUT2D eigenvalue weighted by molar-refractivity contribution is -0.124. The normalized spacial score (nSPS) is 18.5. The van der Waals surface area contributed by atoms with Crippen LogP contribution in [0.5, 0.6) is 0 Å². The van der Waals surface area contributed by atoms with Gasteiger partial charge in [0.15, 0.2) is 5.58 Å². The molecule has 106 valence electrons. The van der Waals surface area contributed by atoms with Crippen LogP contribution in [0.3, 0.4) is 0 Å². The quantitative estimate of drug-likeness (QED) is 0.894. The fraction of sp³-hybridized carbons (Fsp3) is 0.429. The van der Waals surface area contributed by atoms with E-state index < -0.39 is 0 Å². The van der Waals surface area contributed by atoms with Gasteiger partial charge in [-0.1, -0.05) is 0 Å². The lowest BCUT2D eigenvalue weighted by Crippen LogP contribution is -2.34. The molecule has 0 aromatic carbocycles. The SMILES string of the molecule is O=C(NCCn1ccc2ccoc2c1=O)[C@@H]1CCOC1. The van der Waals surface area contributed by atoms with Gasteiger partial charge < -0.3 is 19.0 Å². The molecule has 0 bridgehead atoms. The van der Waals surface area contributed by atoms with Gasteiger partial charge in [0.05, 0.1) is 18.8 Å². The topological polar surface area (TPSA) is 73.5 Å². The molecule has 6 heteroatoms. The Morgan fingerprint density at radius 3 is 3.15 bits per heavy atom. The van der Waals surface area contributed by atoms with Crippen LogP contribution in [0.4, 0.5) is 0 Å². The van der Waals surface area contributed by atoms with Crippen LogP contribution in [0, 0.1) is 5.92 Å². The summed E-state index contributed by atoms with van der Waals surface area (Å²) in [6.07, 6.45) is 3.98. The summed E-state index contributed by atoms with van der Waals surface area (Å²) in [5, 5.41) is 3.62. The number of carbonyl (C=O) groups is 1. The van der Waals surface area contributed by atoms with E-state index in [-0.39, 0.29) is 17.4 Å². The van der Waals surface area contributed by atoms with Crippen LogP contribution in [-0.4, -0.2) is 30.2 Å². The van der Waals surface area contributed by atoms with Gasteiger partial charge in [-0.2, -0.15) is 0 Å². The van der Waals surface area contributed by atoms with Crippen LogP contribution in [-0.2, 0) is 16.1 Å². The van der Waals surface area contributed by atoms with Crippen LogP contribution in [0.2, 0.25) is 0 Å². The lowest BCUT2D eigenvalue weighted by atomic mass is 10.1. The molecule has 0 saturated carbocycles. The van der Waals surface area contributed by atoms with Gasteiger partial charge in [-0.05, 0) is 18.6 Å². The zero-order valence-electron chi connectivity index (χ0n) is 11.0. The molecule has 2 aromatic rings. The van der Waals surface area contributed by atoms with Gasteiger partial charge in [0.2, 0.25) is 5.91 Å². The summed E-state index contributed by atoms with van der Waals surface area (Å²) in [6.45, 7) is 1.98. The number of rotatable bonds is 4. The molecule has 0 unspecified atom stereocenters. The Bertz CT molecular complexity index is 667. The van der Waals surface area contributed by atoms with E-state index in [0.717, 1.165) is 11.8 Å². The van der Waals surface area contributed by atoms with E-state index in [1.54, 1.807) is 12.3 Å². The molecule has 1 saturated heterocycles. The van der Waals surface area contributed by atoms with Crippen molar-refractivity contribution in [1.29, 1.82) is 0 Å². The van der Waals surface area contributed by atoms with E-state index in [1.165, 1.54) is 10.8 Å². The van der Waals surface area contributed by atoms with Gasteiger partial charge in [-0.25, -0.2) is 0 Å². The van der Waals surface area contributed by atoms with Crippen molar-refractivity contribution in [3.05, 3.63) is 34.9 Å². The summed E-state index contributed by atoms with van der Waals surface area (Å²) < 4.78 is 11.9. The van der Waals surface area contributed by atoms with E-state index in [2.05, 4.69) is 5.32 Å². The van der Waals surface area contributed by atoms with Crippen molar-refractivity contribution >= 4 is 16.9 Å². The van der Waals surface area contributed by atoms with E-state index in [1.807, 2.05) is 6.07 Å². The van der Waals surface area contributed by atoms with Crippen LogP contribution < -0.4 is 10.9 Å². The Morgan fingerprint density at radius 2 is 2.35 bits per heavy atom. The van der Waals surface area contributed by atoms with Crippen LogP contribution in [0.15, 0.2) is 33.8 Å². The van der Waals surface area contributed by atoms with Crippen molar-refractivity contribution in [3.63, 3.8) is 0 Å². The van der Waals surface area contributed by atoms with Crippen molar-refractivity contribution in [2.24, 2.45) is 5.92 Å². The first-order chi connectivity index (χ1) is 9.75. The number of hydrogen-bond donors (Lipinski definition) is 1. The smallest absolute Gasteiger partial charge is 0.294 e. The highest BCUT2D eigenvalue weighted by atomic mass is 16.5. The second-order valence-electron chi connectivity index (χ2n) is 4.87. The van der Waals surface area contributed by atoms with Crippen molar-refractivity contribution in [2.45, 2.75) is 13.0 Å². The summed E-state index contributed by atoms with van der Waals surface area (Å²) in [6, 6.07) is 3.58. The maximum atomic E-state index is 12.1. The second kappa shape index (κ2) is 5.50. The van der Waals surface area contributed by atoms with Gasteiger partial charge in [0.1, 0.15) is 0 Å². The molecule has 3 rings (SSSR count). The van der Waals surface area contributed by atoms with E-state index in [4.69, 9.17) is 9.15 Å². The predicted molar refractivity (Wildman–Crippen MR) is 72.4 cm³/mol. The van der Waals surface area contributed by atoms with Crippen LogP contribution >= 0.6 is 0 Å². The zero-order chi connectivity index (χ0) is 13.9. The number of nitrogens with one attached hydrogen (secondary N) is 1. The van der Waals surface area contributed by atoms with Gasteiger partial charge in [0.25, 0.3) is 5.56 Å². The van der Waals surface area contributed by atoms with Crippen molar-refractivity contribution in [1.82, 2.24) is 9.88 Å². The molecule has 0 aliphatic carbocycles. The summed E-state index contributed by atoms with van der Waals surface area (Å²) in [5.41, 5.74) is 0.175. The minimum atomic E-state index is -0.175. The first-order valence-corrected chi connectivity index (χ1v) is 6.68. The first-order valence-electron chi connectivity index (χ1n) is 6.68. The molecule has 1 atom stereocenters. The standard InChI is InChI=1S/C14H16N2O4/c17-13(11-2-7-19-9-11)15-4-6-16-5-1-10-3-8-20-12(10)14(16)18/h1,3,5,8,11H,2,4,6-7,9H2,(H,15,17)/t11-/m1/s1. The summed E-state index contributed by atoms with van der Waals surface area (Å²) in [5.74, 6) is -0.0612. The zero-order valence-corrected chi connectivity index (χ0v) is 11.0. The highest BCUT2D eigenvalue weighted by Gasteiger charge is 2.22. The molecule has 0 radical (unpaired) electrons. The molecule has 1 amide bonds. The summed E-state index contributed by atoms with van der Waals surface area (Å²) in [7, 11) is 0. The van der Waals surface area contributed by atoms with Gasteiger partial charge in [-0.3, -0.25) is 9.59 Å². The molecule has 2 aromatic heterocycles. The van der Waals surface area contributed by atoms with Crippen molar-refractivity contribution in [3.8, 4) is 0 Å². The summed E-state index contributed by atoms with van der Waals surface area (Å²) >= 11 is 0. The highest BCUT2D eigenvalue weighted by molar-refractivity contribution is 5.79. The molecule has 1 aliphatic heterocycles. The minimum Gasteiger partial charge on any atom is -0.459 e. The Hall–Kier alpha value is -2.08. The number of hydrogen-bond acceptors (Lipinski definition) is 4. The Balaban J connectivity index is 1.61. The van der Waals surface area contributed by atoms with Gasteiger partial charge >= 0.3 is 0 Å². The third-order valence-electron chi connectivity index (χ3n) is 3.54. The molecule has 1 N–H and O–H groups in total. The fourth-order valence-electron chi connectivity index (χ4n) is 2.35. The second-order valence-corrected chi connectivity index (χ2v) is 4.87. The molecule has 0 spiro atoms. The predicted octanol–water partition coefficient (Wildman–Crippen LogP) is 0.747. The largest absolute Gasteiger partial charge is 0.459 e. The van der Waals surface area contributed by atoms with Gasteiger partial charge in [-0.15, -0.1) is 0 Å². The molecular weight excluding hydrogens is 260 g/mol. The van der Waals surface area contributed by atoms with Gasteiger partial charge in [0, 0.05) is 31.3 Å². The number of pyridine rings is 1. The number of carbonyl (C=O) groups excluding carboxylic acids is 1. The number of furan rings is 1. The number of nitrogens with zero attached hydrogens (tertiary/aromatic N) is 1. The molecule has 1 fully saturated rings. The molecule has 20 heavy (non-hydrogen) atoms. The Labute approximate surface area is 115 Å². The number of ether oxygens (including phenoxy) is 1. The highest BCUT2D eigenvalue weighted by Crippen LogP contribution is 2.12. The van der Waals surface area contributed by atoms with Crippen LogP contribution in [0.1, 0.15) is 6.42 Å². The van der Waals surface area contributed by atoms with E-state index >= 15 is 0 Å². The maximum absolute atomic E-state index is 12.1. The molecular formula is C14H16N2O4. The van der Waals surface area contributed by atoms with E-state index in [0.29, 0.717) is 31.9 Å². The Kier molecular flexibility index (Phi) is 3.56. The first kappa shape index (κ1) is 12.9. The number of aromatic nitrogens is 1. The average molecular weight is 276 g/mol. The number of fused-ring (bicyclic) bond motifs is 1. The third-order valence-corrected chi connectivity index (χ3v) is 3.54.